The van der Waals surface area contributed by atoms with Gasteiger partial charge in [0.25, 0.3) is 0 Å². The first-order valence-corrected chi connectivity index (χ1v) is 8.52. The molecule has 0 unspecified atom stereocenters. The first kappa shape index (κ1) is 16.3. The highest BCUT2D eigenvalue weighted by molar-refractivity contribution is 5.60. The van der Waals surface area contributed by atoms with Crippen LogP contribution >= 0.6 is 0 Å². The first-order chi connectivity index (χ1) is 11.9. The summed E-state index contributed by atoms with van der Waals surface area (Å²) in [4.78, 5) is 14.1. The summed E-state index contributed by atoms with van der Waals surface area (Å²) in [5.74, 6) is 2.36. The number of hydrogen-bond donors (Lipinski definition) is 0. The number of benzene rings is 2. The van der Waals surface area contributed by atoms with Crippen LogP contribution in [0.4, 0.5) is 0 Å². The predicted molar refractivity (Wildman–Crippen MR) is 98.2 cm³/mol. The van der Waals surface area contributed by atoms with E-state index in [1.165, 1.54) is 0 Å². The van der Waals surface area contributed by atoms with Gasteiger partial charge in [0.2, 0.25) is 0 Å². The van der Waals surface area contributed by atoms with Crippen molar-refractivity contribution in [1.82, 2.24) is 15.0 Å². The molecule has 0 atom stereocenters. The van der Waals surface area contributed by atoms with Crippen LogP contribution in [0, 0.1) is 6.92 Å². The molecule has 0 bridgehead atoms. The lowest BCUT2D eigenvalue weighted by Gasteiger charge is -2.08. The summed E-state index contributed by atoms with van der Waals surface area (Å²) < 4.78 is 0. The van der Waals surface area contributed by atoms with Crippen LogP contribution in [0.15, 0.2) is 60.7 Å². The molecule has 1 heterocycles. The molecule has 1 radical (unpaired) electrons. The van der Waals surface area contributed by atoms with Gasteiger partial charge in [0, 0.05) is 17.5 Å². The van der Waals surface area contributed by atoms with E-state index in [-0.39, 0.29) is 0 Å². The molecule has 0 aliphatic rings. The standard InChI is InChI=1S/C21H22N3/c1-2-3-4-11-16-19-22-20(17-12-7-5-8-13-17)24-21(23-19)18-14-9-6-10-15-18/h5-10,12-15H,1-4,11,16H2. The molecule has 24 heavy (non-hydrogen) atoms. The summed E-state index contributed by atoms with van der Waals surface area (Å²) in [6.45, 7) is 3.90. The molecular formula is C21H22N3. The molecule has 3 aromatic rings. The van der Waals surface area contributed by atoms with Crippen molar-refractivity contribution in [2.24, 2.45) is 0 Å². The van der Waals surface area contributed by atoms with E-state index in [4.69, 9.17) is 0 Å². The Kier molecular flexibility index (Phi) is 5.67. The zero-order chi connectivity index (χ0) is 16.6. The smallest absolute Gasteiger partial charge is 0.163 e. The minimum Gasteiger partial charge on any atom is -0.213 e. The number of rotatable bonds is 7. The average Bonchev–Trinajstić information content (AvgIpc) is 2.66. The lowest BCUT2D eigenvalue weighted by Crippen LogP contribution is -2.03. The first-order valence-electron chi connectivity index (χ1n) is 8.52. The number of aryl methyl sites for hydroxylation is 1. The largest absolute Gasteiger partial charge is 0.213 e. The minimum absolute atomic E-state index is 0.747. The molecule has 0 amide bonds. The van der Waals surface area contributed by atoms with Crippen molar-refractivity contribution >= 4 is 0 Å². The van der Waals surface area contributed by atoms with Crippen LogP contribution in [0.25, 0.3) is 22.8 Å². The number of nitrogens with zero attached hydrogens (tertiary/aromatic N) is 3. The van der Waals surface area contributed by atoms with E-state index < -0.39 is 0 Å². The van der Waals surface area contributed by atoms with Crippen molar-refractivity contribution in [2.45, 2.75) is 32.1 Å². The second kappa shape index (κ2) is 8.34. The van der Waals surface area contributed by atoms with Crippen LogP contribution < -0.4 is 0 Å². The van der Waals surface area contributed by atoms with Gasteiger partial charge in [0.05, 0.1) is 0 Å². The third-order valence-electron chi connectivity index (χ3n) is 3.90. The molecule has 0 aliphatic heterocycles. The van der Waals surface area contributed by atoms with Crippen molar-refractivity contribution in [2.75, 3.05) is 0 Å². The molecule has 3 heteroatoms. The summed E-state index contributed by atoms with van der Waals surface area (Å²) in [7, 11) is 0. The maximum Gasteiger partial charge on any atom is 0.163 e. The lowest BCUT2D eigenvalue weighted by atomic mass is 10.1. The number of hydrogen-bond acceptors (Lipinski definition) is 3. The molecular weight excluding hydrogens is 294 g/mol. The van der Waals surface area contributed by atoms with E-state index in [9.17, 15) is 0 Å². The van der Waals surface area contributed by atoms with E-state index in [2.05, 4.69) is 21.9 Å². The Morgan fingerprint density at radius 3 is 1.67 bits per heavy atom. The van der Waals surface area contributed by atoms with E-state index >= 15 is 0 Å². The van der Waals surface area contributed by atoms with Crippen LogP contribution in [0.3, 0.4) is 0 Å². The summed E-state index contributed by atoms with van der Waals surface area (Å²) in [5, 5.41) is 0. The molecule has 0 spiro atoms. The maximum atomic E-state index is 4.69. The third-order valence-corrected chi connectivity index (χ3v) is 3.90. The normalized spacial score (nSPS) is 10.7. The van der Waals surface area contributed by atoms with Gasteiger partial charge < -0.3 is 0 Å². The van der Waals surface area contributed by atoms with Gasteiger partial charge >= 0.3 is 0 Å². The van der Waals surface area contributed by atoms with Gasteiger partial charge in [-0.2, -0.15) is 0 Å². The van der Waals surface area contributed by atoms with Crippen molar-refractivity contribution in [1.29, 1.82) is 0 Å². The van der Waals surface area contributed by atoms with Gasteiger partial charge in [-0.1, -0.05) is 86.8 Å². The van der Waals surface area contributed by atoms with Gasteiger partial charge in [0.1, 0.15) is 5.82 Å². The maximum absolute atomic E-state index is 4.69. The van der Waals surface area contributed by atoms with E-state index in [1.54, 1.807) is 0 Å². The highest BCUT2D eigenvalue weighted by atomic mass is 15.0. The van der Waals surface area contributed by atoms with Crippen molar-refractivity contribution in [3.8, 4) is 22.8 Å². The third kappa shape index (κ3) is 4.25. The Hall–Kier alpha value is -2.55. The van der Waals surface area contributed by atoms with Crippen molar-refractivity contribution in [3.63, 3.8) is 0 Å². The van der Waals surface area contributed by atoms with Gasteiger partial charge in [-0.05, 0) is 6.42 Å². The summed E-state index contributed by atoms with van der Waals surface area (Å²) in [5.41, 5.74) is 2.05. The van der Waals surface area contributed by atoms with Crippen LogP contribution in [0.1, 0.15) is 31.5 Å². The van der Waals surface area contributed by atoms with Crippen molar-refractivity contribution < 1.29 is 0 Å². The Balaban J connectivity index is 1.93. The topological polar surface area (TPSA) is 38.7 Å². The monoisotopic (exact) mass is 316 g/mol. The molecule has 2 aromatic carbocycles. The predicted octanol–water partition coefficient (Wildman–Crippen LogP) is 5.14. The molecule has 0 N–H and O–H groups in total. The van der Waals surface area contributed by atoms with Crippen LogP contribution in [0.2, 0.25) is 0 Å². The highest BCUT2D eigenvalue weighted by Crippen LogP contribution is 2.20. The molecule has 0 aliphatic carbocycles. The Morgan fingerprint density at radius 2 is 1.17 bits per heavy atom. The van der Waals surface area contributed by atoms with Crippen LogP contribution in [0.5, 0.6) is 0 Å². The fourth-order valence-corrected chi connectivity index (χ4v) is 2.60. The second-order valence-electron chi connectivity index (χ2n) is 5.80. The van der Waals surface area contributed by atoms with Gasteiger partial charge in [-0.25, -0.2) is 15.0 Å². The fraction of sp³-hybridized carbons (Fsp3) is 0.238. The Morgan fingerprint density at radius 1 is 0.625 bits per heavy atom. The zero-order valence-corrected chi connectivity index (χ0v) is 13.9. The zero-order valence-electron chi connectivity index (χ0n) is 13.9. The molecule has 0 fully saturated rings. The summed E-state index contributed by atoms with van der Waals surface area (Å²) in [6.07, 6.45) is 5.27. The summed E-state index contributed by atoms with van der Waals surface area (Å²) in [6, 6.07) is 20.2. The van der Waals surface area contributed by atoms with Gasteiger partial charge in [-0.3, -0.25) is 0 Å². The van der Waals surface area contributed by atoms with E-state index in [0.717, 1.165) is 60.7 Å². The van der Waals surface area contributed by atoms with E-state index in [1.807, 2.05) is 60.7 Å². The molecule has 3 nitrogen and oxygen atoms in total. The van der Waals surface area contributed by atoms with Gasteiger partial charge in [-0.15, -0.1) is 0 Å². The SMILES string of the molecule is [CH2]CCCCCc1nc(-c2ccccc2)nc(-c2ccccc2)n1. The lowest BCUT2D eigenvalue weighted by molar-refractivity contribution is 0.666. The quantitative estimate of drug-likeness (QED) is 0.566. The summed E-state index contributed by atoms with van der Waals surface area (Å²) >= 11 is 0. The molecule has 3 rings (SSSR count). The van der Waals surface area contributed by atoms with E-state index in [0.29, 0.717) is 0 Å². The fourth-order valence-electron chi connectivity index (χ4n) is 2.60. The van der Waals surface area contributed by atoms with Gasteiger partial charge in [0.15, 0.2) is 11.6 Å². The Labute approximate surface area is 143 Å². The van der Waals surface area contributed by atoms with Crippen LogP contribution in [-0.4, -0.2) is 15.0 Å². The highest BCUT2D eigenvalue weighted by Gasteiger charge is 2.10. The average molecular weight is 316 g/mol. The second-order valence-corrected chi connectivity index (χ2v) is 5.80. The van der Waals surface area contributed by atoms with Crippen LogP contribution in [-0.2, 0) is 6.42 Å². The number of unbranched alkanes of at least 4 members (excludes halogenated alkanes) is 3. The van der Waals surface area contributed by atoms with Crippen molar-refractivity contribution in [3.05, 3.63) is 73.4 Å². The number of aromatic nitrogens is 3. The minimum atomic E-state index is 0.747. The molecule has 121 valence electrons. The molecule has 0 saturated carbocycles. The molecule has 1 aromatic heterocycles. The Bertz CT molecular complexity index is 697. The molecule has 0 saturated heterocycles.